The average molecular weight is 348 g/mol. The fourth-order valence-corrected chi connectivity index (χ4v) is 3.29. The summed E-state index contributed by atoms with van der Waals surface area (Å²) in [4.78, 5) is 27.4. The van der Waals surface area contributed by atoms with Gasteiger partial charge in [0.15, 0.2) is 5.82 Å². The average Bonchev–Trinajstić information content (AvgIpc) is 2.69. The van der Waals surface area contributed by atoms with Crippen LogP contribution in [0.3, 0.4) is 0 Å². The molecule has 3 aromatic rings. The normalized spacial score (nSPS) is 16.2. The number of carbonyl (C=O) groups is 1. The Labute approximate surface area is 150 Å². The molecule has 26 heavy (non-hydrogen) atoms. The molecule has 5 nitrogen and oxygen atoms in total. The molecule has 0 fully saturated rings. The Morgan fingerprint density at radius 2 is 1.96 bits per heavy atom. The van der Waals surface area contributed by atoms with Gasteiger partial charge in [-0.25, -0.2) is 14.4 Å². The van der Waals surface area contributed by atoms with Gasteiger partial charge in [-0.2, -0.15) is 0 Å². The lowest BCUT2D eigenvalue weighted by Gasteiger charge is -2.35. The van der Waals surface area contributed by atoms with E-state index in [0.717, 1.165) is 11.1 Å². The highest BCUT2D eigenvalue weighted by Crippen LogP contribution is 2.31. The van der Waals surface area contributed by atoms with Crippen molar-refractivity contribution < 1.29 is 9.18 Å². The molecule has 1 atom stereocenters. The predicted octanol–water partition coefficient (Wildman–Crippen LogP) is 3.44. The van der Waals surface area contributed by atoms with E-state index in [9.17, 15) is 9.18 Å². The van der Waals surface area contributed by atoms with Crippen LogP contribution in [-0.4, -0.2) is 32.3 Å². The zero-order chi connectivity index (χ0) is 18.1. The summed E-state index contributed by atoms with van der Waals surface area (Å²) >= 11 is 0. The summed E-state index contributed by atoms with van der Waals surface area (Å²) in [7, 11) is 0. The van der Waals surface area contributed by atoms with E-state index >= 15 is 0 Å². The van der Waals surface area contributed by atoms with Gasteiger partial charge in [-0.3, -0.25) is 9.78 Å². The van der Waals surface area contributed by atoms with Gasteiger partial charge in [-0.05, 0) is 48.7 Å². The van der Waals surface area contributed by atoms with Crippen LogP contribution in [0.5, 0.6) is 0 Å². The lowest BCUT2D eigenvalue weighted by atomic mass is 9.93. The fraction of sp³-hybridized carbons (Fsp3) is 0.200. The quantitative estimate of drug-likeness (QED) is 0.712. The molecule has 6 heteroatoms. The second-order valence-corrected chi connectivity index (χ2v) is 6.28. The molecule has 0 bridgehead atoms. The molecular weight excluding hydrogens is 331 g/mol. The van der Waals surface area contributed by atoms with Crippen molar-refractivity contribution in [3.63, 3.8) is 0 Å². The Morgan fingerprint density at radius 3 is 2.69 bits per heavy atom. The highest BCUT2D eigenvalue weighted by molar-refractivity contribution is 5.94. The van der Waals surface area contributed by atoms with Crippen molar-refractivity contribution in [3.8, 4) is 11.5 Å². The second-order valence-electron chi connectivity index (χ2n) is 6.28. The molecule has 0 aliphatic carbocycles. The summed E-state index contributed by atoms with van der Waals surface area (Å²) in [6, 6.07) is 10.1. The number of nitrogens with zero attached hydrogens (tertiary/aromatic N) is 4. The predicted molar refractivity (Wildman–Crippen MR) is 94.8 cm³/mol. The smallest absolute Gasteiger partial charge is 0.257 e. The maximum absolute atomic E-state index is 13.6. The van der Waals surface area contributed by atoms with Crippen LogP contribution in [-0.2, 0) is 6.42 Å². The van der Waals surface area contributed by atoms with E-state index in [0.29, 0.717) is 30.0 Å². The highest BCUT2D eigenvalue weighted by atomic mass is 19.1. The molecule has 0 saturated carbocycles. The van der Waals surface area contributed by atoms with Crippen LogP contribution in [0.15, 0.2) is 55.0 Å². The number of amides is 1. The zero-order valence-electron chi connectivity index (χ0n) is 14.3. The van der Waals surface area contributed by atoms with Crippen molar-refractivity contribution >= 4 is 5.91 Å². The second kappa shape index (κ2) is 6.63. The van der Waals surface area contributed by atoms with E-state index in [2.05, 4.69) is 15.0 Å². The van der Waals surface area contributed by atoms with Crippen LogP contribution >= 0.6 is 0 Å². The van der Waals surface area contributed by atoms with Crippen LogP contribution in [0.2, 0.25) is 0 Å². The third kappa shape index (κ3) is 2.94. The first-order valence-corrected chi connectivity index (χ1v) is 8.46. The first-order chi connectivity index (χ1) is 12.6. The fourth-order valence-electron chi connectivity index (χ4n) is 3.29. The SMILES string of the molecule is C[C@@H]1c2cc(F)ccc2CCN1C(=O)c1cnc(-c2ccccn2)nc1. The summed E-state index contributed by atoms with van der Waals surface area (Å²) in [5.74, 6) is 0.0363. The summed E-state index contributed by atoms with van der Waals surface area (Å²) < 4.78 is 13.6. The molecule has 3 heterocycles. The summed E-state index contributed by atoms with van der Waals surface area (Å²) in [6.45, 7) is 2.50. The molecule has 4 rings (SSSR count). The Kier molecular flexibility index (Phi) is 4.16. The van der Waals surface area contributed by atoms with E-state index in [1.54, 1.807) is 17.2 Å². The van der Waals surface area contributed by atoms with E-state index in [1.807, 2.05) is 25.1 Å². The van der Waals surface area contributed by atoms with Gasteiger partial charge in [0.2, 0.25) is 0 Å². The number of hydrogen-bond acceptors (Lipinski definition) is 4. The van der Waals surface area contributed by atoms with Gasteiger partial charge in [0.05, 0.1) is 11.6 Å². The topological polar surface area (TPSA) is 59.0 Å². The molecule has 130 valence electrons. The molecule has 1 aromatic carbocycles. The number of halogens is 1. The maximum atomic E-state index is 13.6. The minimum Gasteiger partial charge on any atom is -0.331 e. The number of rotatable bonds is 2. The van der Waals surface area contributed by atoms with Gasteiger partial charge in [0.25, 0.3) is 5.91 Å². The summed E-state index contributed by atoms with van der Waals surface area (Å²) in [5.41, 5.74) is 3.01. The van der Waals surface area contributed by atoms with Gasteiger partial charge < -0.3 is 4.90 Å². The Hall–Kier alpha value is -3.15. The minimum absolute atomic E-state index is 0.153. The van der Waals surface area contributed by atoms with Crippen molar-refractivity contribution in [1.82, 2.24) is 19.9 Å². The third-order valence-electron chi connectivity index (χ3n) is 4.70. The summed E-state index contributed by atoms with van der Waals surface area (Å²) in [6.07, 6.45) is 5.42. The monoisotopic (exact) mass is 348 g/mol. The molecule has 0 N–H and O–H groups in total. The Balaban J connectivity index is 1.58. The highest BCUT2D eigenvalue weighted by Gasteiger charge is 2.29. The van der Waals surface area contributed by atoms with E-state index in [-0.39, 0.29) is 17.8 Å². The van der Waals surface area contributed by atoms with Crippen molar-refractivity contribution in [2.75, 3.05) is 6.54 Å². The number of hydrogen-bond donors (Lipinski definition) is 0. The van der Waals surface area contributed by atoms with E-state index < -0.39 is 0 Å². The minimum atomic E-state index is -0.284. The molecule has 0 radical (unpaired) electrons. The molecular formula is C20H17FN4O. The van der Waals surface area contributed by atoms with Crippen LogP contribution < -0.4 is 0 Å². The molecule has 1 aliphatic rings. The third-order valence-corrected chi connectivity index (χ3v) is 4.70. The van der Waals surface area contributed by atoms with Gasteiger partial charge >= 0.3 is 0 Å². The van der Waals surface area contributed by atoms with Gasteiger partial charge in [-0.15, -0.1) is 0 Å². The van der Waals surface area contributed by atoms with Crippen LogP contribution in [0.25, 0.3) is 11.5 Å². The van der Waals surface area contributed by atoms with Gasteiger partial charge in [0.1, 0.15) is 11.5 Å². The molecule has 1 amide bonds. The van der Waals surface area contributed by atoms with Crippen molar-refractivity contribution in [3.05, 3.63) is 77.5 Å². The van der Waals surface area contributed by atoms with Crippen molar-refractivity contribution in [2.45, 2.75) is 19.4 Å². The summed E-state index contributed by atoms with van der Waals surface area (Å²) in [5, 5.41) is 0. The molecule has 0 saturated heterocycles. The van der Waals surface area contributed by atoms with Crippen LogP contribution in [0.1, 0.15) is 34.5 Å². The molecule has 1 aliphatic heterocycles. The standard InChI is InChI=1S/C20H17FN4O/c1-13-17-10-16(21)6-5-14(17)7-9-25(13)20(26)15-11-23-19(24-12-15)18-4-2-3-8-22-18/h2-6,8,10-13H,7,9H2,1H3/t13-/m1/s1. The van der Waals surface area contributed by atoms with Crippen LogP contribution in [0, 0.1) is 5.82 Å². The Bertz CT molecular complexity index is 944. The number of fused-ring (bicyclic) bond motifs is 1. The van der Waals surface area contributed by atoms with Crippen molar-refractivity contribution in [1.29, 1.82) is 0 Å². The number of aromatic nitrogens is 3. The molecule has 0 spiro atoms. The van der Waals surface area contributed by atoms with Crippen molar-refractivity contribution in [2.24, 2.45) is 0 Å². The largest absolute Gasteiger partial charge is 0.331 e. The van der Waals surface area contributed by atoms with E-state index in [4.69, 9.17) is 0 Å². The first kappa shape index (κ1) is 16.3. The van der Waals surface area contributed by atoms with Crippen LogP contribution in [0.4, 0.5) is 4.39 Å². The molecule has 0 unspecified atom stereocenters. The van der Waals surface area contributed by atoms with Gasteiger partial charge in [-0.1, -0.05) is 12.1 Å². The number of pyridine rings is 1. The Morgan fingerprint density at radius 1 is 1.15 bits per heavy atom. The number of carbonyl (C=O) groups excluding carboxylic acids is 1. The number of benzene rings is 1. The zero-order valence-corrected chi connectivity index (χ0v) is 14.3. The first-order valence-electron chi connectivity index (χ1n) is 8.46. The van der Waals surface area contributed by atoms with E-state index in [1.165, 1.54) is 24.5 Å². The van der Waals surface area contributed by atoms with Gasteiger partial charge in [0, 0.05) is 25.1 Å². The lowest BCUT2D eigenvalue weighted by Crippen LogP contribution is -2.39. The lowest BCUT2D eigenvalue weighted by molar-refractivity contribution is 0.0676. The molecule has 2 aromatic heterocycles. The maximum Gasteiger partial charge on any atom is 0.257 e.